The predicted molar refractivity (Wildman–Crippen MR) is 113 cm³/mol. The van der Waals surface area contributed by atoms with Gasteiger partial charge in [-0.2, -0.15) is 0 Å². The molecule has 3 aromatic rings. The average molecular weight is 415 g/mol. The number of carbonyl (C=O) groups is 1. The smallest absolute Gasteiger partial charge is 0.261 e. The van der Waals surface area contributed by atoms with Crippen LogP contribution in [0.25, 0.3) is 0 Å². The highest BCUT2D eigenvalue weighted by Gasteiger charge is 2.19. The minimum Gasteiger partial charge on any atom is -0.322 e. The molecule has 0 heterocycles. The number of sulfonamides is 1. The number of aryl methyl sites for hydroxylation is 2. The molecule has 28 heavy (non-hydrogen) atoms. The van der Waals surface area contributed by atoms with Gasteiger partial charge in [-0.15, -0.1) is 0 Å². The second kappa shape index (κ2) is 8.04. The molecule has 0 fully saturated rings. The first kappa shape index (κ1) is 19.9. The monoisotopic (exact) mass is 414 g/mol. The van der Waals surface area contributed by atoms with Crippen LogP contribution in [0.15, 0.2) is 71.6 Å². The molecule has 2 N–H and O–H groups in total. The van der Waals surface area contributed by atoms with E-state index in [0.29, 0.717) is 22.0 Å². The quantitative estimate of drug-likeness (QED) is 0.616. The molecule has 0 bridgehead atoms. The SMILES string of the molecule is Cc1ccccc1NS(=O)(=O)c1ccc(C)c(C(=O)Nc2ccc(Cl)cc2)c1. The van der Waals surface area contributed by atoms with Crippen molar-refractivity contribution < 1.29 is 13.2 Å². The molecule has 3 aromatic carbocycles. The van der Waals surface area contributed by atoms with Crippen LogP contribution in [0.1, 0.15) is 21.5 Å². The summed E-state index contributed by atoms with van der Waals surface area (Å²) in [6.07, 6.45) is 0. The second-order valence-electron chi connectivity index (χ2n) is 6.36. The lowest BCUT2D eigenvalue weighted by molar-refractivity contribution is 0.102. The van der Waals surface area contributed by atoms with E-state index in [2.05, 4.69) is 10.0 Å². The van der Waals surface area contributed by atoms with Gasteiger partial charge in [-0.25, -0.2) is 8.42 Å². The first-order valence-corrected chi connectivity index (χ1v) is 10.4. The van der Waals surface area contributed by atoms with Gasteiger partial charge in [-0.3, -0.25) is 9.52 Å². The van der Waals surface area contributed by atoms with Crippen LogP contribution in [-0.2, 0) is 10.0 Å². The number of amides is 1. The molecule has 0 spiro atoms. The van der Waals surface area contributed by atoms with E-state index >= 15 is 0 Å². The lowest BCUT2D eigenvalue weighted by Gasteiger charge is -2.13. The normalized spacial score (nSPS) is 11.1. The first-order chi connectivity index (χ1) is 13.3. The molecule has 0 saturated heterocycles. The molecular formula is C21H19ClN2O3S. The van der Waals surface area contributed by atoms with Crippen molar-refractivity contribution >= 4 is 38.9 Å². The Morgan fingerprint density at radius 2 is 1.57 bits per heavy atom. The zero-order chi connectivity index (χ0) is 20.3. The molecule has 0 radical (unpaired) electrons. The van der Waals surface area contributed by atoms with Crippen molar-refractivity contribution in [2.24, 2.45) is 0 Å². The van der Waals surface area contributed by atoms with Crippen molar-refractivity contribution in [3.05, 3.63) is 88.4 Å². The van der Waals surface area contributed by atoms with E-state index in [1.54, 1.807) is 49.4 Å². The van der Waals surface area contributed by atoms with Crippen molar-refractivity contribution in [3.63, 3.8) is 0 Å². The van der Waals surface area contributed by atoms with Gasteiger partial charge in [0.15, 0.2) is 0 Å². The topological polar surface area (TPSA) is 75.3 Å². The second-order valence-corrected chi connectivity index (χ2v) is 8.48. The fraction of sp³-hybridized carbons (Fsp3) is 0.0952. The van der Waals surface area contributed by atoms with Crippen LogP contribution in [0.3, 0.4) is 0 Å². The lowest BCUT2D eigenvalue weighted by Crippen LogP contribution is -2.17. The van der Waals surface area contributed by atoms with Crippen molar-refractivity contribution in [2.75, 3.05) is 10.0 Å². The molecule has 1 amide bonds. The number of nitrogens with one attached hydrogen (secondary N) is 2. The zero-order valence-corrected chi connectivity index (χ0v) is 16.9. The summed E-state index contributed by atoms with van der Waals surface area (Å²) < 4.78 is 28.1. The number of hydrogen-bond acceptors (Lipinski definition) is 3. The van der Waals surface area contributed by atoms with E-state index in [9.17, 15) is 13.2 Å². The van der Waals surface area contributed by atoms with Crippen LogP contribution in [0.4, 0.5) is 11.4 Å². The summed E-state index contributed by atoms with van der Waals surface area (Å²) in [5.74, 6) is -0.396. The Bertz CT molecular complexity index is 1130. The Hall–Kier alpha value is -2.83. The molecule has 0 aliphatic heterocycles. The van der Waals surface area contributed by atoms with Crippen molar-refractivity contribution in [1.29, 1.82) is 0 Å². The van der Waals surface area contributed by atoms with E-state index in [4.69, 9.17) is 11.6 Å². The van der Waals surface area contributed by atoms with E-state index in [0.717, 1.165) is 5.56 Å². The number of hydrogen-bond donors (Lipinski definition) is 2. The summed E-state index contributed by atoms with van der Waals surface area (Å²) in [4.78, 5) is 12.7. The van der Waals surface area contributed by atoms with E-state index in [-0.39, 0.29) is 10.5 Å². The van der Waals surface area contributed by atoms with Gasteiger partial charge in [-0.1, -0.05) is 35.9 Å². The van der Waals surface area contributed by atoms with E-state index < -0.39 is 15.9 Å². The van der Waals surface area contributed by atoms with Crippen LogP contribution in [0, 0.1) is 13.8 Å². The van der Waals surface area contributed by atoms with Crippen LogP contribution < -0.4 is 10.0 Å². The van der Waals surface area contributed by atoms with Gasteiger partial charge in [0.05, 0.1) is 10.6 Å². The Labute approximate surface area is 169 Å². The fourth-order valence-electron chi connectivity index (χ4n) is 2.64. The molecule has 0 atom stereocenters. The standard InChI is InChI=1S/C21H19ClN2O3S/c1-14-7-12-18(28(26,27)24-20-6-4-3-5-15(20)2)13-19(14)21(25)23-17-10-8-16(22)9-11-17/h3-13,24H,1-2H3,(H,23,25). The molecule has 0 saturated carbocycles. The highest BCUT2D eigenvalue weighted by molar-refractivity contribution is 7.92. The van der Waals surface area contributed by atoms with Gasteiger partial charge in [0, 0.05) is 16.3 Å². The maximum absolute atomic E-state index is 12.8. The Kier molecular flexibility index (Phi) is 5.72. The molecule has 3 rings (SSSR count). The van der Waals surface area contributed by atoms with E-state index in [1.807, 2.05) is 19.1 Å². The number of benzene rings is 3. The number of para-hydroxylation sites is 1. The van der Waals surface area contributed by atoms with Gasteiger partial charge in [-0.05, 0) is 67.4 Å². The summed E-state index contributed by atoms with van der Waals surface area (Å²) in [5.41, 5.74) is 2.82. The third-order valence-corrected chi connectivity index (χ3v) is 5.87. The molecule has 0 aliphatic carbocycles. The lowest BCUT2D eigenvalue weighted by atomic mass is 10.1. The molecule has 144 valence electrons. The predicted octanol–water partition coefficient (Wildman–Crippen LogP) is 5.01. The number of rotatable bonds is 5. The van der Waals surface area contributed by atoms with Crippen LogP contribution in [0.2, 0.25) is 5.02 Å². The summed E-state index contributed by atoms with van der Waals surface area (Å²) in [6.45, 7) is 3.57. The van der Waals surface area contributed by atoms with Crippen molar-refractivity contribution in [2.45, 2.75) is 18.7 Å². The molecular weight excluding hydrogens is 396 g/mol. The van der Waals surface area contributed by atoms with Gasteiger partial charge < -0.3 is 5.32 Å². The Morgan fingerprint density at radius 3 is 2.25 bits per heavy atom. The fourth-order valence-corrected chi connectivity index (χ4v) is 3.92. The number of carbonyl (C=O) groups excluding carboxylic acids is 1. The summed E-state index contributed by atoms with van der Waals surface area (Å²) in [7, 11) is -3.83. The van der Waals surface area contributed by atoms with Gasteiger partial charge >= 0.3 is 0 Å². The molecule has 0 aromatic heterocycles. The first-order valence-electron chi connectivity index (χ1n) is 8.52. The maximum atomic E-state index is 12.8. The third-order valence-electron chi connectivity index (χ3n) is 4.26. The minimum atomic E-state index is -3.83. The van der Waals surface area contributed by atoms with Crippen molar-refractivity contribution in [3.8, 4) is 0 Å². The maximum Gasteiger partial charge on any atom is 0.261 e. The van der Waals surface area contributed by atoms with Crippen LogP contribution in [0.5, 0.6) is 0 Å². The molecule has 0 aliphatic rings. The van der Waals surface area contributed by atoms with Crippen LogP contribution in [-0.4, -0.2) is 14.3 Å². The molecule has 5 nitrogen and oxygen atoms in total. The number of anilines is 2. The molecule has 0 unspecified atom stereocenters. The summed E-state index contributed by atoms with van der Waals surface area (Å²) in [6, 6.07) is 18.2. The van der Waals surface area contributed by atoms with Crippen LogP contribution >= 0.6 is 11.6 Å². The highest BCUT2D eigenvalue weighted by Crippen LogP contribution is 2.22. The van der Waals surface area contributed by atoms with E-state index in [1.165, 1.54) is 12.1 Å². The largest absolute Gasteiger partial charge is 0.322 e. The number of halogens is 1. The zero-order valence-electron chi connectivity index (χ0n) is 15.4. The van der Waals surface area contributed by atoms with Gasteiger partial charge in [0.2, 0.25) is 0 Å². The summed E-state index contributed by atoms with van der Waals surface area (Å²) in [5, 5.41) is 3.31. The summed E-state index contributed by atoms with van der Waals surface area (Å²) >= 11 is 5.85. The highest BCUT2D eigenvalue weighted by atomic mass is 35.5. The third kappa shape index (κ3) is 4.52. The van der Waals surface area contributed by atoms with Gasteiger partial charge in [0.25, 0.3) is 15.9 Å². The minimum absolute atomic E-state index is 0.0163. The Morgan fingerprint density at radius 1 is 0.893 bits per heavy atom. The van der Waals surface area contributed by atoms with Gasteiger partial charge in [0.1, 0.15) is 0 Å². The average Bonchev–Trinajstić information content (AvgIpc) is 2.65. The Balaban J connectivity index is 1.89. The molecule has 7 heteroatoms. The van der Waals surface area contributed by atoms with Crippen molar-refractivity contribution in [1.82, 2.24) is 0 Å².